The highest BCUT2D eigenvalue weighted by atomic mass is 35.5. The number of ether oxygens (including phenoxy) is 2. The van der Waals surface area contributed by atoms with Crippen LogP contribution in [-0.4, -0.2) is 31.1 Å². The standard InChI is InChI=1S/C17H20ClNO3S/c1-4-21-14-8-6-12(10-15(14)22-5-2)17(20)19(3)11-13-7-9-16(18)23-13/h6-10H,4-5,11H2,1-3H3. The molecule has 6 heteroatoms. The van der Waals surface area contributed by atoms with Crippen molar-refractivity contribution >= 4 is 28.8 Å². The number of carbonyl (C=O) groups is 1. The number of halogens is 1. The summed E-state index contributed by atoms with van der Waals surface area (Å²) in [5, 5.41) is 0. The largest absolute Gasteiger partial charge is 0.490 e. The van der Waals surface area contributed by atoms with E-state index in [9.17, 15) is 4.79 Å². The molecule has 1 amide bonds. The summed E-state index contributed by atoms with van der Waals surface area (Å²) >= 11 is 7.40. The molecule has 0 atom stereocenters. The lowest BCUT2D eigenvalue weighted by Gasteiger charge is -2.18. The minimum Gasteiger partial charge on any atom is -0.490 e. The van der Waals surface area contributed by atoms with Crippen LogP contribution in [0.15, 0.2) is 30.3 Å². The zero-order valence-corrected chi connectivity index (χ0v) is 15.0. The summed E-state index contributed by atoms with van der Waals surface area (Å²) in [5.41, 5.74) is 0.571. The van der Waals surface area contributed by atoms with E-state index in [1.165, 1.54) is 11.3 Å². The summed E-state index contributed by atoms with van der Waals surface area (Å²) in [7, 11) is 1.77. The van der Waals surface area contributed by atoms with Gasteiger partial charge in [-0.3, -0.25) is 4.79 Å². The quantitative estimate of drug-likeness (QED) is 0.737. The van der Waals surface area contributed by atoms with Crippen molar-refractivity contribution in [3.63, 3.8) is 0 Å². The summed E-state index contributed by atoms with van der Waals surface area (Å²) in [6.07, 6.45) is 0. The van der Waals surface area contributed by atoms with Gasteiger partial charge >= 0.3 is 0 Å². The van der Waals surface area contributed by atoms with Gasteiger partial charge in [-0.05, 0) is 44.2 Å². The molecule has 0 aliphatic heterocycles. The minimum atomic E-state index is -0.0708. The van der Waals surface area contributed by atoms with Crippen LogP contribution in [0.5, 0.6) is 11.5 Å². The van der Waals surface area contributed by atoms with Crippen LogP contribution in [0.3, 0.4) is 0 Å². The molecule has 0 fully saturated rings. The van der Waals surface area contributed by atoms with Crippen molar-refractivity contribution in [2.24, 2.45) is 0 Å². The highest BCUT2D eigenvalue weighted by Crippen LogP contribution is 2.29. The first-order valence-corrected chi connectivity index (χ1v) is 8.63. The van der Waals surface area contributed by atoms with Crippen molar-refractivity contribution in [2.45, 2.75) is 20.4 Å². The van der Waals surface area contributed by atoms with Gasteiger partial charge in [0.15, 0.2) is 11.5 Å². The highest BCUT2D eigenvalue weighted by Gasteiger charge is 2.16. The molecule has 0 bridgehead atoms. The molecule has 1 aromatic carbocycles. The van der Waals surface area contributed by atoms with E-state index in [0.29, 0.717) is 36.8 Å². The molecule has 0 saturated heterocycles. The number of nitrogens with zero attached hydrogens (tertiary/aromatic N) is 1. The Labute approximate surface area is 145 Å². The van der Waals surface area contributed by atoms with Crippen molar-refractivity contribution in [1.29, 1.82) is 0 Å². The Kier molecular flexibility index (Phi) is 6.30. The summed E-state index contributed by atoms with van der Waals surface area (Å²) < 4.78 is 11.8. The number of rotatable bonds is 7. The number of hydrogen-bond donors (Lipinski definition) is 0. The third kappa shape index (κ3) is 4.62. The predicted molar refractivity (Wildman–Crippen MR) is 93.9 cm³/mol. The molecule has 0 aliphatic rings. The van der Waals surface area contributed by atoms with Crippen molar-refractivity contribution in [1.82, 2.24) is 4.90 Å². The minimum absolute atomic E-state index is 0.0708. The summed E-state index contributed by atoms with van der Waals surface area (Å²) in [4.78, 5) is 15.3. The molecule has 1 heterocycles. The zero-order valence-electron chi connectivity index (χ0n) is 13.5. The van der Waals surface area contributed by atoms with Crippen molar-refractivity contribution in [2.75, 3.05) is 20.3 Å². The van der Waals surface area contributed by atoms with E-state index >= 15 is 0 Å². The molecule has 1 aromatic heterocycles. The first-order valence-electron chi connectivity index (χ1n) is 7.44. The Bertz CT molecular complexity index is 672. The van der Waals surface area contributed by atoms with Crippen molar-refractivity contribution in [3.05, 3.63) is 45.1 Å². The average Bonchev–Trinajstić information content (AvgIpc) is 2.93. The van der Waals surface area contributed by atoms with Crippen LogP contribution in [0.2, 0.25) is 4.34 Å². The zero-order chi connectivity index (χ0) is 16.8. The summed E-state index contributed by atoms with van der Waals surface area (Å²) in [6.45, 7) is 5.40. The Hall–Kier alpha value is -1.72. The van der Waals surface area contributed by atoms with Gasteiger partial charge in [0.2, 0.25) is 0 Å². The Balaban J connectivity index is 2.15. The fourth-order valence-electron chi connectivity index (χ4n) is 2.15. The molecule has 124 valence electrons. The predicted octanol–water partition coefficient (Wildman–Crippen LogP) is 4.47. The maximum absolute atomic E-state index is 12.6. The fraction of sp³-hybridized carbons (Fsp3) is 0.353. The third-order valence-corrected chi connectivity index (χ3v) is 4.37. The number of amides is 1. The molecular formula is C17H20ClNO3S. The van der Waals surface area contributed by atoms with E-state index in [1.807, 2.05) is 26.0 Å². The smallest absolute Gasteiger partial charge is 0.254 e. The second-order valence-corrected chi connectivity index (χ2v) is 6.69. The summed E-state index contributed by atoms with van der Waals surface area (Å²) in [5.74, 6) is 1.17. The molecule has 2 aromatic rings. The first kappa shape index (κ1) is 17.6. The second-order valence-electron chi connectivity index (χ2n) is 4.89. The van der Waals surface area contributed by atoms with Gasteiger partial charge in [0, 0.05) is 17.5 Å². The van der Waals surface area contributed by atoms with E-state index in [1.54, 1.807) is 30.1 Å². The fourth-order valence-corrected chi connectivity index (χ4v) is 3.29. The Morgan fingerprint density at radius 1 is 1.13 bits per heavy atom. The van der Waals surface area contributed by atoms with Crippen LogP contribution in [0.25, 0.3) is 0 Å². The molecule has 23 heavy (non-hydrogen) atoms. The van der Waals surface area contributed by atoms with E-state index < -0.39 is 0 Å². The van der Waals surface area contributed by atoms with E-state index in [4.69, 9.17) is 21.1 Å². The number of hydrogen-bond acceptors (Lipinski definition) is 4. The lowest BCUT2D eigenvalue weighted by molar-refractivity contribution is 0.0786. The Morgan fingerprint density at radius 3 is 2.43 bits per heavy atom. The van der Waals surface area contributed by atoms with E-state index in [0.717, 1.165) is 9.21 Å². The molecule has 4 nitrogen and oxygen atoms in total. The van der Waals surface area contributed by atoms with Crippen LogP contribution < -0.4 is 9.47 Å². The van der Waals surface area contributed by atoms with Gasteiger partial charge in [0.25, 0.3) is 5.91 Å². The van der Waals surface area contributed by atoms with E-state index in [2.05, 4.69) is 0 Å². The molecule has 0 unspecified atom stereocenters. The molecule has 0 N–H and O–H groups in total. The van der Waals surface area contributed by atoms with Crippen LogP contribution >= 0.6 is 22.9 Å². The first-order chi connectivity index (χ1) is 11.0. The van der Waals surface area contributed by atoms with Crippen molar-refractivity contribution < 1.29 is 14.3 Å². The van der Waals surface area contributed by atoms with Gasteiger partial charge in [-0.2, -0.15) is 0 Å². The Morgan fingerprint density at radius 2 is 1.83 bits per heavy atom. The van der Waals surface area contributed by atoms with Gasteiger partial charge in [0.1, 0.15) is 0 Å². The molecule has 0 aliphatic carbocycles. The second kappa shape index (κ2) is 8.22. The van der Waals surface area contributed by atoms with Crippen molar-refractivity contribution in [3.8, 4) is 11.5 Å². The molecule has 0 saturated carbocycles. The third-order valence-electron chi connectivity index (χ3n) is 3.16. The average molecular weight is 354 g/mol. The molecule has 2 rings (SSSR count). The summed E-state index contributed by atoms with van der Waals surface area (Å²) in [6, 6.07) is 9.03. The van der Waals surface area contributed by atoms with Gasteiger partial charge in [-0.15, -0.1) is 11.3 Å². The monoisotopic (exact) mass is 353 g/mol. The topological polar surface area (TPSA) is 38.8 Å². The van der Waals surface area contributed by atoms with Crippen LogP contribution in [0, 0.1) is 0 Å². The molecule has 0 spiro atoms. The van der Waals surface area contributed by atoms with E-state index in [-0.39, 0.29) is 5.91 Å². The van der Waals surface area contributed by atoms with Gasteiger partial charge in [-0.1, -0.05) is 11.6 Å². The lowest BCUT2D eigenvalue weighted by atomic mass is 10.1. The van der Waals surface area contributed by atoms with Gasteiger partial charge < -0.3 is 14.4 Å². The van der Waals surface area contributed by atoms with Crippen LogP contribution in [0.4, 0.5) is 0 Å². The van der Waals surface area contributed by atoms with Gasteiger partial charge in [0.05, 0.1) is 24.1 Å². The maximum atomic E-state index is 12.6. The number of carbonyl (C=O) groups excluding carboxylic acids is 1. The SMILES string of the molecule is CCOc1ccc(C(=O)N(C)Cc2ccc(Cl)s2)cc1OCC. The maximum Gasteiger partial charge on any atom is 0.254 e. The molecule has 0 radical (unpaired) electrons. The molecular weight excluding hydrogens is 334 g/mol. The van der Waals surface area contributed by atoms with Gasteiger partial charge in [-0.25, -0.2) is 0 Å². The normalized spacial score (nSPS) is 10.4. The lowest BCUT2D eigenvalue weighted by Crippen LogP contribution is -2.25. The van der Waals surface area contributed by atoms with Crippen LogP contribution in [-0.2, 0) is 6.54 Å². The number of benzene rings is 1. The highest BCUT2D eigenvalue weighted by molar-refractivity contribution is 7.16. The van der Waals surface area contributed by atoms with Crippen LogP contribution in [0.1, 0.15) is 29.1 Å². The number of thiophene rings is 1.